The number of carbonyl (C=O) groups excluding carboxylic acids is 2. The van der Waals surface area contributed by atoms with Gasteiger partial charge in [-0.25, -0.2) is 0 Å². The Balaban J connectivity index is 2.17. The van der Waals surface area contributed by atoms with E-state index >= 15 is 0 Å². The number of hydrogen-bond donors (Lipinski definition) is 1. The standard InChI is InChI=1S/C20H19NO4/c1-12(2)25-18-13(7-6-10-17(18)24-3)11-16-14-8-4-5-9-15(14)19(22)21-20(16)23/h4-12H,1-3H3,(H,21,22,23)/b16-11+. The van der Waals surface area contributed by atoms with E-state index in [-0.39, 0.29) is 12.0 Å². The van der Waals surface area contributed by atoms with Crippen molar-refractivity contribution < 1.29 is 19.1 Å². The Morgan fingerprint density at radius 2 is 1.68 bits per heavy atom. The summed E-state index contributed by atoms with van der Waals surface area (Å²) in [6.45, 7) is 3.84. The van der Waals surface area contributed by atoms with Gasteiger partial charge in [0.25, 0.3) is 11.8 Å². The molecule has 1 aliphatic heterocycles. The van der Waals surface area contributed by atoms with Gasteiger partial charge in [-0.3, -0.25) is 14.9 Å². The molecular weight excluding hydrogens is 318 g/mol. The Hall–Kier alpha value is -3.08. The van der Waals surface area contributed by atoms with Gasteiger partial charge in [0.05, 0.1) is 13.2 Å². The molecule has 1 aliphatic rings. The molecule has 0 fully saturated rings. The number of nitrogens with one attached hydrogen (secondary N) is 1. The van der Waals surface area contributed by atoms with Gasteiger partial charge in [0.2, 0.25) is 0 Å². The van der Waals surface area contributed by atoms with E-state index in [4.69, 9.17) is 9.47 Å². The van der Waals surface area contributed by atoms with Crippen molar-refractivity contribution in [3.63, 3.8) is 0 Å². The van der Waals surface area contributed by atoms with Crippen LogP contribution in [-0.4, -0.2) is 25.0 Å². The molecule has 25 heavy (non-hydrogen) atoms. The smallest absolute Gasteiger partial charge is 0.258 e. The lowest BCUT2D eigenvalue weighted by molar-refractivity contribution is -0.114. The van der Waals surface area contributed by atoms with Crippen LogP contribution >= 0.6 is 0 Å². The molecule has 0 atom stereocenters. The molecule has 2 aromatic rings. The lowest BCUT2D eigenvalue weighted by atomic mass is 9.93. The first-order valence-electron chi connectivity index (χ1n) is 8.01. The van der Waals surface area contributed by atoms with Crippen LogP contribution in [0.25, 0.3) is 11.6 Å². The van der Waals surface area contributed by atoms with Crippen molar-refractivity contribution in [1.29, 1.82) is 0 Å². The highest BCUT2D eigenvalue weighted by Gasteiger charge is 2.27. The van der Waals surface area contributed by atoms with E-state index in [0.29, 0.717) is 33.8 Å². The third kappa shape index (κ3) is 3.26. The molecule has 2 aromatic carbocycles. The fourth-order valence-corrected chi connectivity index (χ4v) is 2.74. The van der Waals surface area contributed by atoms with Crippen molar-refractivity contribution in [2.24, 2.45) is 0 Å². The predicted molar refractivity (Wildman–Crippen MR) is 95.5 cm³/mol. The number of ether oxygens (including phenoxy) is 2. The van der Waals surface area contributed by atoms with Crippen LogP contribution in [0.3, 0.4) is 0 Å². The molecule has 0 saturated heterocycles. The maximum absolute atomic E-state index is 12.4. The molecular formula is C20H19NO4. The Labute approximate surface area is 146 Å². The van der Waals surface area contributed by atoms with Crippen LogP contribution < -0.4 is 14.8 Å². The van der Waals surface area contributed by atoms with E-state index in [1.807, 2.05) is 26.0 Å². The largest absolute Gasteiger partial charge is 0.493 e. The highest BCUT2D eigenvalue weighted by Crippen LogP contribution is 2.35. The molecule has 3 rings (SSSR count). The molecule has 1 N–H and O–H groups in total. The Morgan fingerprint density at radius 3 is 2.36 bits per heavy atom. The van der Waals surface area contributed by atoms with Crippen LogP contribution in [0.1, 0.15) is 35.3 Å². The summed E-state index contributed by atoms with van der Waals surface area (Å²) in [6, 6.07) is 12.5. The highest BCUT2D eigenvalue weighted by atomic mass is 16.5. The molecule has 0 aliphatic carbocycles. The van der Waals surface area contributed by atoms with Crippen molar-refractivity contribution >= 4 is 23.5 Å². The van der Waals surface area contributed by atoms with Crippen molar-refractivity contribution in [2.75, 3.05) is 7.11 Å². The molecule has 0 bridgehead atoms. The minimum atomic E-state index is -0.429. The van der Waals surface area contributed by atoms with Gasteiger partial charge in [-0.05, 0) is 37.6 Å². The quantitative estimate of drug-likeness (QED) is 0.687. The number of rotatable bonds is 4. The summed E-state index contributed by atoms with van der Waals surface area (Å²) in [5.41, 5.74) is 2.21. The van der Waals surface area contributed by atoms with E-state index in [0.717, 1.165) is 0 Å². The molecule has 0 radical (unpaired) electrons. The number of para-hydroxylation sites is 1. The van der Waals surface area contributed by atoms with Crippen LogP contribution in [0, 0.1) is 0 Å². The van der Waals surface area contributed by atoms with E-state index in [1.165, 1.54) is 0 Å². The number of amides is 2. The van der Waals surface area contributed by atoms with Gasteiger partial charge in [0, 0.05) is 16.7 Å². The molecule has 5 heteroatoms. The average molecular weight is 337 g/mol. The van der Waals surface area contributed by atoms with Crippen molar-refractivity contribution in [3.8, 4) is 11.5 Å². The van der Waals surface area contributed by atoms with E-state index in [2.05, 4.69) is 5.32 Å². The number of fused-ring (bicyclic) bond motifs is 1. The Kier molecular flexibility index (Phi) is 4.57. The second kappa shape index (κ2) is 6.81. The van der Waals surface area contributed by atoms with Gasteiger partial charge >= 0.3 is 0 Å². The summed E-state index contributed by atoms with van der Waals surface area (Å²) in [5, 5.41) is 2.38. The Bertz CT molecular complexity index is 868. The van der Waals surface area contributed by atoms with Crippen LogP contribution in [-0.2, 0) is 4.79 Å². The summed E-state index contributed by atoms with van der Waals surface area (Å²) in [4.78, 5) is 24.4. The maximum atomic E-state index is 12.4. The molecule has 0 spiro atoms. The van der Waals surface area contributed by atoms with Gasteiger partial charge in [0.15, 0.2) is 11.5 Å². The number of methoxy groups -OCH3 is 1. The lowest BCUT2D eigenvalue weighted by Crippen LogP contribution is -2.36. The lowest BCUT2D eigenvalue weighted by Gasteiger charge is -2.20. The predicted octanol–water partition coefficient (Wildman–Crippen LogP) is 3.29. The second-order valence-electron chi connectivity index (χ2n) is 5.93. The van der Waals surface area contributed by atoms with E-state index in [1.54, 1.807) is 43.5 Å². The van der Waals surface area contributed by atoms with Crippen LogP contribution in [0.15, 0.2) is 42.5 Å². The number of imide groups is 1. The zero-order valence-corrected chi connectivity index (χ0v) is 14.3. The van der Waals surface area contributed by atoms with Gasteiger partial charge in [0.1, 0.15) is 0 Å². The summed E-state index contributed by atoms with van der Waals surface area (Å²) in [5.74, 6) is 0.336. The van der Waals surface area contributed by atoms with Crippen molar-refractivity contribution in [1.82, 2.24) is 5.32 Å². The monoisotopic (exact) mass is 337 g/mol. The number of benzene rings is 2. The minimum Gasteiger partial charge on any atom is -0.493 e. The first-order valence-corrected chi connectivity index (χ1v) is 8.01. The maximum Gasteiger partial charge on any atom is 0.258 e. The molecule has 128 valence electrons. The van der Waals surface area contributed by atoms with Gasteiger partial charge in [-0.1, -0.05) is 30.3 Å². The molecule has 2 amide bonds. The molecule has 5 nitrogen and oxygen atoms in total. The van der Waals surface area contributed by atoms with Crippen LogP contribution in [0.5, 0.6) is 11.5 Å². The first kappa shape index (κ1) is 16.8. The molecule has 0 saturated carbocycles. The highest BCUT2D eigenvalue weighted by molar-refractivity contribution is 6.34. The average Bonchev–Trinajstić information content (AvgIpc) is 2.59. The summed E-state index contributed by atoms with van der Waals surface area (Å²) >= 11 is 0. The summed E-state index contributed by atoms with van der Waals surface area (Å²) in [7, 11) is 1.57. The van der Waals surface area contributed by atoms with Crippen molar-refractivity contribution in [2.45, 2.75) is 20.0 Å². The molecule has 0 aromatic heterocycles. The molecule has 0 unspecified atom stereocenters. The fourth-order valence-electron chi connectivity index (χ4n) is 2.74. The SMILES string of the molecule is COc1cccc(/C=C2/C(=O)NC(=O)c3ccccc32)c1OC(C)C. The second-order valence-corrected chi connectivity index (χ2v) is 5.93. The van der Waals surface area contributed by atoms with Gasteiger partial charge < -0.3 is 9.47 Å². The summed E-state index contributed by atoms with van der Waals surface area (Å²) in [6.07, 6.45) is 1.67. The topological polar surface area (TPSA) is 64.6 Å². The zero-order valence-electron chi connectivity index (χ0n) is 14.3. The normalized spacial score (nSPS) is 15.1. The fraction of sp³-hybridized carbons (Fsp3) is 0.200. The number of hydrogen-bond acceptors (Lipinski definition) is 4. The third-order valence-electron chi connectivity index (χ3n) is 3.82. The van der Waals surface area contributed by atoms with Gasteiger partial charge in [-0.15, -0.1) is 0 Å². The first-order chi connectivity index (χ1) is 12.0. The van der Waals surface area contributed by atoms with Gasteiger partial charge in [-0.2, -0.15) is 0 Å². The zero-order chi connectivity index (χ0) is 18.0. The van der Waals surface area contributed by atoms with Crippen molar-refractivity contribution in [3.05, 3.63) is 59.2 Å². The number of carbonyl (C=O) groups is 2. The van der Waals surface area contributed by atoms with Crippen LogP contribution in [0.4, 0.5) is 0 Å². The Morgan fingerprint density at radius 1 is 0.960 bits per heavy atom. The molecule has 1 heterocycles. The van der Waals surface area contributed by atoms with Crippen LogP contribution in [0.2, 0.25) is 0 Å². The van der Waals surface area contributed by atoms with E-state index in [9.17, 15) is 9.59 Å². The summed E-state index contributed by atoms with van der Waals surface area (Å²) < 4.78 is 11.3. The van der Waals surface area contributed by atoms with E-state index < -0.39 is 5.91 Å². The minimum absolute atomic E-state index is 0.0532. The third-order valence-corrected chi connectivity index (χ3v) is 3.82.